The van der Waals surface area contributed by atoms with Crippen molar-refractivity contribution in [1.82, 2.24) is 0 Å². The highest BCUT2D eigenvalue weighted by atomic mass is 127. The molecular weight excluding hydrogens is 333 g/mol. The van der Waals surface area contributed by atoms with Gasteiger partial charge in [0, 0.05) is 15.7 Å². The van der Waals surface area contributed by atoms with E-state index in [1.165, 1.54) is 0 Å². The molecule has 2 N–H and O–H groups in total. The van der Waals surface area contributed by atoms with E-state index in [0.717, 1.165) is 14.9 Å². The van der Waals surface area contributed by atoms with Crippen molar-refractivity contribution in [3.8, 4) is 5.75 Å². The second kappa shape index (κ2) is 5.65. The first-order valence-electron chi connectivity index (χ1n) is 4.94. The Morgan fingerprint density at radius 1 is 1.38 bits per heavy atom. The van der Waals surface area contributed by atoms with Gasteiger partial charge in [-0.3, -0.25) is 0 Å². The maximum absolute atomic E-state index is 5.87. The second-order valence-electron chi connectivity index (χ2n) is 3.36. The number of hydrogen-bond donors (Lipinski definition) is 1. The van der Waals surface area contributed by atoms with Crippen LogP contribution in [0.15, 0.2) is 41.1 Å². The van der Waals surface area contributed by atoms with Crippen LogP contribution in [0.2, 0.25) is 0 Å². The van der Waals surface area contributed by atoms with Crippen molar-refractivity contribution in [2.75, 3.05) is 6.54 Å². The van der Waals surface area contributed by atoms with Crippen LogP contribution in [0.3, 0.4) is 0 Å². The SMILES string of the molecule is NCC(Oc1cccc(I)c1)c1ccsc1. The molecule has 0 amide bonds. The highest BCUT2D eigenvalue weighted by Crippen LogP contribution is 2.24. The molecule has 2 aromatic rings. The fourth-order valence-electron chi connectivity index (χ4n) is 1.42. The third kappa shape index (κ3) is 2.96. The van der Waals surface area contributed by atoms with Crippen molar-refractivity contribution in [2.24, 2.45) is 5.73 Å². The lowest BCUT2D eigenvalue weighted by molar-refractivity contribution is 0.214. The average Bonchev–Trinajstić information content (AvgIpc) is 2.79. The summed E-state index contributed by atoms with van der Waals surface area (Å²) in [7, 11) is 0. The molecule has 0 spiro atoms. The first-order chi connectivity index (χ1) is 7.79. The summed E-state index contributed by atoms with van der Waals surface area (Å²) in [5, 5.41) is 4.11. The number of rotatable bonds is 4. The quantitative estimate of drug-likeness (QED) is 0.862. The van der Waals surface area contributed by atoms with E-state index in [1.54, 1.807) is 11.3 Å². The van der Waals surface area contributed by atoms with E-state index in [-0.39, 0.29) is 6.10 Å². The van der Waals surface area contributed by atoms with Crippen molar-refractivity contribution in [1.29, 1.82) is 0 Å². The first-order valence-corrected chi connectivity index (χ1v) is 6.96. The molecule has 0 aliphatic rings. The van der Waals surface area contributed by atoms with Gasteiger partial charge < -0.3 is 10.5 Å². The van der Waals surface area contributed by atoms with Gasteiger partial charge in [0.25, 0.3) is 0 Å². The summed E-state index contributed by atoms with van der Waals surface area (Å²) >= 11 is 3.93. The number of thiophene rings is 1. The fourth-order valence-corrected chi connectivity index (χ4v) is 2.63. The zero-order valence-electron chi connectivity index (χ0n) is 8.60. The Hall–Kier alpha value is -0.590. The van der Waals surface area contributed by atoms with Crippen LogP contribution < -0.4 is 10.5 Å². The number of benzene rings is 1. The Morgan fingerprint density at radius 2 is 2.25 bits per heavy atom. The summed E-state index contributed by atoms with van der Waals surface area (Å²) in [6, 6.07) is 10.0. The standard InChI is InChI=1S/C12H12INOS/c13-10-2-1-3-11(6-10)15-12(7-14)9-4-5-16-8-9/h1-6,8,12H,7,14H2. The second-order valence-corrected chi connectivity index (χ2v) is 5.38. The van der Waals surface area contributed by atoms with Crippen LogP contribution in [0.4, 0.5) is 0 Å². The zero-order chi connectivity index (χ0) is 11.4. The lowest BCUT2D eigenvalue weighted by Crippen LogP contribution is -2.17. The van der Waals surface area contributed by atoms with Gasteiger partial charge in [0.2, 0.25) is 0 Å². The highest BCUT2D eigenvalue weighted by Gasteiger charge is 2.11. The van der Waals surface area contributed by atoms with Crippen LogP contribution in [0.1, 0.15) is 11.7 Å². The van der Waals surface area contributed by atoms with E-state index in [2.05, 4.69) is 34.0 Å². The molecule has 0 saturated heterocycles. The monoisotopic (exact) mass is 345 g/mol. The van der Waals surface area contributed by atoms with Gasteiger partial charge in [-0.15, -0.1) is 0 Å². The maximum Gasteiger partial charge on any atom is 0.137 e. The molecular formula is C12H12INOS. The topological polar surface area (TPSA) is 35.2 Å². The summed E-state index contributed by atoms with van der Waals surface area (Å²) in [6.45, 7) is 0.488. The molecule has 4 heteroatoms. The van der Waals surface area contributed by atoms with E-state index in [1.807, 2.05) is 29.6 Å². The highest BCUT2D eigenvalue weighted by molar-refractivity contribution is 14.1. The number of ether oxygens (including phenoxy) is 1. The van der Waals surface area contributed by atoms with Crippen molar-refractivity contribution in [3.05, 3.63) is 50.2 Å². The molecule has 84 valence electrons. The van der Waals surface area contributed by atoms with Crippen LogP contribution in [0.25, 0.3) is 0 Å². The lowest BCUT2D eigenvalue weighted by Gasteiger charge is -2.16. The Labute approximate surface area is 113 Å². The van der Waals surface area contributed by atoms with Gasteiger partial charge in [-0.2, -0.15) is 11.3 Å². The van der Waals surface area contributed by atoms with Gasteiger partial charge in [-0.1, -0.05) is 6.07 Å². The lowest BCUT2D eigenvalue weighted by atomic mass is 10.2. The van der Waals surface area contributed by atoms with Crippen LogP contribution >= 0.6 is 33.9 Å². The van der Waals surface area contributed by atoms with Gasteiger partial charge >= 0.3 is 0 Å². The predicted octanol–water partition coefficient (Wildman–Crippen LogP) is 3.43. The summed E-state index contributed by atoms with van der Waals surface area (Å²) in [4.78, 5) is 0. The molecule has 16 heavy (non-hydrogen) atoms. The predicted molar refractivity (Wildman–Crippen MR) is 75.9 cm³/mol. The molecule has 0 saturated carbocycles. The molecule has 1 heterocycles. The molecule has 0 aliphatic carbocycles. The van der Waals surface area contributed by atoms with Crippen molar-refractivity contribution in [2.45, 2.75) is 6.10 Å². The molecule has 0 bridgehead atoms. The fraction of sp³-hybridized carbons (Fsp3) is 0.167. The van der Waals surface area contributed by atoms with Crippen molar-refractivity contribution >= 4 is 33.9 Å². The third-order valence-corrected chi connectivity index (χ3v) is 3.58. The molecule has 0 radical (unpaired) electrons. The molecule has 0 fully saturated rings. The summed E-state index contributed by atoms with van der Waals surface area (Å²) in [6.07, 6.45) is -0.0514. The normalized spacial score (nSPS) is 12.4. The zero-order valence-corrected chi connectivity index (χ0v) is 11.6. The first kappa shape index (κ1) is 11.9. The minimum Gasteiger partial charge on any atom is -0.484 e. The maximum atomic E-state index is 5.87. The van der Waals surface area contributed by atoms with E-state index in [4.69, 9.17) is 10.5 Å². The van der Waals surface area contributed by atoms with Crippen LogP contribution in [-0.2, 0) is 0 Å². The van der Waals surface area contributed by atoms with E-state index in [0.29, 0.717) is 6.54 Å². The van der Waals surface area contributed by atoms with Gasteiger partial charge in [0.05, 0.1) is 0 Å². The molecule has 1 atom stereocenters. The Morgan fingerprint density at radius 3 is 2.88 bits per heavy atom. The number of nitrogens with two attached hydrogens (primary N) is 1. The van der Waals surface area contributed by atoms with Crippen LogP contribution in [0.5, 0.6) is 5.75 Å². The summed E-state index contributed by atoms with van der Waals surface area (Å²) < 4.78 is 7.03. The number of hydrogen-bond acceptors (Lipinski definition) is 3. The van der Waals surface area contributed by atoms with E-state index in [9.17, 15) is 0 Å². The van der Waals surface area contributed by atoms with Crippen molar-refractivity contribution in [3.63, 3.8) is 0 Å². The molecule has 1 aromatic heterocycles. The average molecular weight is 345 g/mol. The Bertz CT molecular complexity index is 444. The van der Waals surface area contributed by atoms with Gasteiger partial charge in [0.1, 0.15) is 11.9 Å². The van der Waals surface area contributed by atoms with Crippen LogP contribution in [-0.4, -0.2) is 6.54 Å². The largest absolute Gasteiger partial charge is 0.484 e. The van der Waals surface area contributed by atoms with E-state index < -0.39 is 0 Å². The third-order valence-electron chi connectivity index (χ3n) is 2.20. The molecule has 0 aliphatic heterocycles. The Kier molecular flexibility index (Phi) is 4.20. The minimum absolute atomic E-state index is 0.0514. The summed E-state index contributed by atoms with van der Waals surface area (Å²) in [5.74, 6) is 0.869. The van der Waals surface area contributed by atoms with Crippen LogP contribution in [0, 0.1) is 3.57 Å². The smallest absolute Gasteiger partial charge is 0.137 e. The van der Waals surface area contributed by atoms with E-state index >= 15 is 0 Å². The molecule has 1 aromatic carbocycles. The number of halogens is 1. The van der Waals surface area contributed by atoms with Crippen molar-refractivity contribution < 1.29 is 4.74 Å². The summed E-state index contributed by atoms with van der Waals surface area (Å²) in [5.41, 5.74) is 6.87. The molecule has 1 unspecified atom stereocenters. The molecule has 2 nitrogen and oxygen atoms in total. The Balaban J connectivity index is 2.13. The molecule has 2 rings (SSSR count). The minimum atomic E-state index is -0.0514. The van der Waals surface area contributed by atoms with Gasteiger partial charge in [-0.05, 0) is 57.6 Å². The van der Waals surface area contributed by atoms with Gasteiger partial charge in [0.15, 0.2) is 0 Å². The van der Waals surface area contributed by atoms with Gasteiger partial charge in [-0.25, -0.2) is 0 Å².